The first-order valence-electron chi connectivity index (χ1n) is 6.14. The molecule has 4 heteroatoms. The SMILES string of the molecule is CCOC(=O)C1CC1c1c[nH]c2ccc(Br)cc12. The molecule has 2 unspecified atom stereocenters. The molecule has 2 aromatic rings. The van der Waals surface area contributed by atoms with E-state index in [4.69, 9.17) is 4.74 Å². The van der Waals surface area contributed by atoms with Gasteiger partial charge >= 0.3 is 5.97 Å². The first kappa shape index (κ1) is 11.8. The molecule has 1 heterocycles. The molecule has 1 N–H and O–H groups in total. The Morgan fingerprint density at radius 1 is 1.56 bits per heavy atom. The first-order valence-corrected chi connectivity index (χ1v) is 6.93. The maximum absolute atomic E-state index is 11.7. The van der Waals surface area contributed by atoms with Crippen molar-refractivity contribution in [2.75, 3.05) is 6.61 Å². The molecule has 1 saturated carbocycles. The quantitative estimate of drug-likeness (QED) is 0.880. The van der Waals surface area contributed by atoms with E-state index in [1.165, 1.54) is 10.9 Å². The number of halogens is 1. The van der Waals surface area contributed by atoms with Gasteiger partial charge in [-0.05, 0) is 37.1 Å². The van der Waals surface area contributed by atoms with Gasteiger partial charge in [-0.1, -0.05) is 15.9 Å². The number of carbonyl (C=O) groups is 1. The van der Waals surface area contributed by atoms with Crippen LogP contribution in [0.15, 0.2) is 28.9 Å². The molecule has 1 aromatic heterocycles. The second-order valence-corrected chi connectivity index (χ2v) is 5.55. The van der Waals surface area contributed by atoms with Gasteiger partial charge in [0.05, 0.1) is 12.5 Å². The lowest BCUT2D eigenvalue weighted by Gasteiger charge is -2.00. The molecule has 0 amide bonds. The highest BCUT2D eigenvalue weighted by Crippen LogP contribution is 2.50. The summed E-state index contributed by atoms with van der Waals surface area (Å²) in [7, 11) is 0. The number of benzene rings is 1. The number of aromatic nitrogens is 1. The molecule has 94 valence electrons. The van der Waals surface area contributed by atoms with Gasteiger partial charge in [-0.25, -0.2) is 0 Å². The number of nitrogens with one attached hydrogen (secondary N) is 1. The molecule has 0 aliphatic heterocycles. The highest BCUT2D eigenvalue weighted by Gasteiger charge is 2.46. The van der Waals surface area contributed by atoms with Crippen LogP contribution < -0.4 is 0 Å². The standard InChI is InChI=1S/C14H14BrNO2/c1-2-18-14(17)11-6-9(11)12-7-16-13-4-3-8(15)5-10(12)13/h3-5,7,9,11,16H,2,6H2,1H3. The van der Waals surface area contributed by atoms with Gasteiger partial charge in [-0.15, -0.1) is 0 Å². The predicted molar refractivity (Wildman–Crippen MR) is 73.5 cm³/mol. The Kier molecular flexibility index (Phi) is 2.90. The van der Waals surface area contributed by atoms with Gasteiger partial charge in [0.15, 0.2) is 0 Å². The van der Waals surface area contributed by atoms with E-state index in [1.54, 1.807) is 0 Å². The number of fused-ring (bicyclic) bond motifs is 1. The zero-order valence-corrected chi connectivity index (χ0v) is 11.7. The van der Waals surface area contributed by atoms with Crippen molar-refractivity contribution in [1.82, 2.24) is 4.98 Å². The zero-order valence-electron chi connectivity index (χ0n) is 10.1. The smallest absolute Gasteiger partial charge is 0.309 e. The van der Waals surface area contributed by atoms with E-state index in [0.29, 0.717) is 12.5 Å². The molecule has 3 rings (SSSR count). The summed E-state index contributed by atoms with van der Waals surface area (Å²) in [6, 6.07) is 6.16. The van der Waals surface area contributed by atoms with Gasteiger partial charge in [0, 0.05) is 27.5 Å². The summed E-state index contributed by atoms with van der Waals surface area (Å²) in [5, 5.41) is 1.20. The van der Waals surface area contributed by atoms with Crippen molar-refractivity contribution < 1.29 is 9.53 Å². The molecule has 1 aromatic carbocycles. The first-order chi connectivity index (χ1) is 8.70. The maximum atomic E-state index is 11.7. The van der Waals surface area contributed by atoms with E-state index in [1.807, 2.05) is 25.3 Å². The number of carbonyl (C=O) groups excluding carboxylic acids is 1. The third-order valence-corrected chi connectivity index (χ3v) is 3.95. The van der Waals surface area contributed by atoms with Crippen LogP contribution in [0.1, 0.15) is 24.8 Å². The predicted octanol–water partition coefficient (Wildman–Crippen LogP) is 3.60. The van der Waals surface area contributed by atoms with E-state index in [9.17, 15) is 4.79 Å². The van der Waals surface area contributed by atoms with Crippen LogP contribution in [0, 0.1) is 5.92 Å². The minimum atomic E-state index is -0.0631. The van der Waals surface area contributed by atoms with Crippen molar-refractivity contribution in [3.05, 3.63) is 34.4 Å². The molecule has 1 aliphatic rings. The van der Waals surface area contributed by atoms with Crippen molar-refractivity contribution in [2.24, 2.45) is 5.92 Å². The number of hydrogen-bond donors (Lipinski definition) is 1. The number of rotatable bonds is 3. The van der Waals surface area contributed by atoms with Crippen LogP contribution >= 0.6 is 15.9 Å². The van der Waals surface area contributed by atoms with E-state index < -0.39 is 0 Å². The molecule has 1 aliphatic carbocycles. The van der Waals surface area contributed by atoms with Crippen LogP contribution in [-0.2, 0) is 9.53 Å². The fraction of sp³-hybridized carbons (Fsp3) is 0.357. The molecular weight excluding hydrogens is 294 g/mol. The molecule has 0 saturated heterocycles. The topological polar surface area (TPSA) is 42.1 Å². The van der Waals surface area contributed by atoms with Crippen molar-refractivity contribution in [3.8, 4) is 0 Å². The van der Waals surface area contributed by atoms with E-state index in [-0.39, 0.29) is 11.9 Å². The summed E-state index contributed by atoms with van der Waals surface area (Å²) in [5.41, 5.74) is 2.34. The monoisotopic (exact) mass is 307 g/mol. The van der Waals surface area contributed by atoms with Gasteiger partial charge in [0.2, 0.25) is 0 Å². The van der Waals surface area contributed by atoms with Crippen LogP contribution in [0.5, 0.6) is 0 Å². The number of esters is 1. The van der Waals surface area contributed by atoms with E-state index >= 15 is 0 Å². The van der Waals surface area contributed by atoms with Crippen LogP contribution in [-0.4, -0.2) is 17.6 Å². The number of hydrogen-bond acceptors (Lipinski definition) is 2. The number of ether oxygens (including phenoxy) is 1. The fourth-order valence-electron chi connectivity index (χ4n) is 2.47. The van der Waals surface area contributed by atoms with Crippen LogP contribution in [0.25, 0.3) is 10.9 Å². The normalized spacial score (nSPS) is 22.1. The fourth-order valence-corrected chi connectivity index (χ4v) is 2.83. The third-order valence-electron chi connectivity index (χ3n) is 3.46. The van der Waals surface area contributed by atoms with Gasteiger partial charge in [-0.2, -0.15) is 0 Å². The summed E-state index contributed by atoms with van der Waals surface area (Å²) in [5.74, 6) is 0.293. The highest BCUT2D eigenvalue weighted by atomic mass is 79.9. The Hall–Kier alpha value is -1.29. The lowest BCUT2D eigenvalue weighted by Crippen LogP contribution is -2.07. The van der Waals surface area contributed by atoms with Crippen molar-refractivity contribution in [3.63, 3.8) is 0 Å². The van der Waals surface area contributed by atoms with Gasteiger partial charge in [0.25, 0.3) is 0 Å². The Morgan fingerprint density at radius 2 is 2.39 bits per heavy atom. The van der Waals surface area contributed by atoms with Crippen molar-refractivity contribution >= 4 is 32.8 Å². The van der Waals surface area contributed by atoms with Crippen molar-refractivity contribution in [1.29, 1.82) is 0 Å². The minimum Gasteiger partial charge on any atom is -0.466 e. The molecule has 0 spiro atoms. The summed E-state index contributed by atoms with van der Waals surface area (Å²) in [6.45, 7) is 2.31. The zero-order chi connectivity index (χ0) is 12.7. The van der Waals surface area contributed by atoms with Crippen LogP contribution in [0.3, 0.4) is 0 Å². The lowest BCUT2D eigenvalue weighted by molar-refractivity contribution is -0.144. The molecule has 1 fully saturated rings. The van der Waals surface area contributed by atoms with Crippen molar-refractivity contribution in [2.45, 2.75) is 19.3 Å². The van der Waals surface area contributed by atoms with E-state index in [0.717, 1.165) is 16.4 Å². The molecular formula is C14H14BrNO2. The van der Waals surface area contributed by atoms with E-state index in [2.05, 4.69) is 27.0 Å². The second kappa shape index (κ2) is 4.43. The Bertz CT molecular complexity index is 605. The average Bonchev–Trinajstić information content (AvgIpc) is 3.04. The Morgan fingerprint density at radius 3 is 3.17 bits per heavy atom. The summed E-state index contributed by atoms with van der Waals surface area (Å²) in [4.78, 5) is 14.9. The number of aromatic amines is 1. The molecule has 18 heavy (non-hydrogen) atoms. The Balaban J connectivity index is 1.88. The van der Waals surface area contributed by atoms with Crippen LogP contribution in [0.4, 0.5) is 0 Å². The summed E-state index contributed by atoms with van der Waals surface area (Å²) in [6.07, 6.45) is 2.92. The number of H-pyrrole nitrogens is 1. The molecule has 0 radical (unpaired) electrons. The summed E-state index contributed by atoms with van der Waals surface area (Å²) < 4.78 is 6.13. The largest absolute Gasteiger partial charge is 0.466 e. The van der Waals surface area contributed by atoms with Gasteiger partial charge in [0.1, 0.15) is 0 Å². The third kappa shape index (κ3) is 1.94. The summed E-state index contributed by atoms with van der Waals surface area (Å²) >= 11 is 3.48. The minimum absolute atomic E-state index is 0.0444. The van der Waals surface area contributed by atoms with Gasteiger partial charge < -0.3 is 9.72 Å². The maximum Gasteiger partial charge on any atom is 0.309 e. The van der Waals surface area contributed by atoms with Gasteiger partial charge in [-0.3, -0.25) is 4.79 Å². The average molecular weight is 308 g/mol. The Labute approximate surface area is 114 Å². The molecule has 2 atom stereocenters. The highest BCUT2D eigenvalue weighted by molar-refractivity contribution is 9.10. The second-order valence-electron chi connectivity index (χ2n) is 4.63. The lowest BCUT2D eigenvalue weighted by atomic mass is 10.1. The molecule has 3 nitrogen and oxygen atoms in total. The molecule has 0 bridgehead atoms. The van der Waals surface area contributed by atoms with Crippen LogP contribution in [0.2, 0.25) is 0 Å².